The number of fused-ring (bicyclic) bond motifs is 1. The van der Waals surface area contributed by atoms with Crippen molar-refractivity contribution in [3.05, 3.63) is 82.6 Å². The van der Waals surface area contributed by atoms with Crippen LogP contribution in [0.1, 0.15) is 24.8 Å². The average molecular weight is 442 g/mol. The number of hydrogen-bond acceptors (Lipinski definition) is 5. The van der Waals surface area contributed by atoms with E-state index in [4.69, 9.17) is 9.15 Å². The van der Waals surface area contributed by atoms with Crippen LogP contribution >= 0.6 is 0 Å². The average Bonchev–Trinajstić information content (AvgIpc) is 2.81. The number of amides is 1. The molecule has 166 valence electrons. The molecule has 2 aromatic carbocycles. The molecule has 1 amide bonds. The molecular formula is C26H22N2O5. The monoisotopic (exact) mass is 442 g/mol. The van der Waals surface area contributed by atoms with Crippen LogP contribution in [0.15, 0.2) is 76.1 Å². The summed E-state index contributed by atoms with van der Waals surface area (Å²) in [4.78, 5) is 29.1. The molecule has 1 saturated carbocycles. The summed E-state index contributed by atoms with van der Waals surface area (Å²) in [7, 11) is 1.48. The third kappa shape index (κ3) is 3.51. The predicted octanol–water partition coefficient (Wildman–Crippen LogP) is 5.18. The lowest BCUT2D eigenvalue weighted by Crippen LogP contribution is -2.50. The maximum atomic E-state index is 13.7. The maximum absolute atomic E-state index is 13.7. The van der Waals surface area contributed by atoms with Crippen LogP contribution < -0.4 is 15.5 Å². The molecule has 0 unspecified atom stereocenters. The lowest BCUT2D eigenvalue weighted by Gasteiger charge is -2.42. The van der Waals surface area contributed by atoms with Crippen molar-refractivity contribution in [2.24, 2.45) is 0 Å². The van der Waals surface area contributed by atoms with Gasteiger partial charge in [-0.15, -0.1) is 0 Å². The molecule has 2 N–H and O–H groups in total. The Bertz CT molecular complexity index is 1390. The van der Waals surface area contributed by atoms with Gasteiger partial charge in [0.05, 0.1) is 23.6 Å². The molecule has 33 heavy (non-hydrogen) atoms. The van der Waals surface area contributed by atoms with E-state index in [9.17, 15) is 14.7 Å². The number of carbonyl (C=O) groups is 1. The topological polar surface area (TPSA) is 102 Å². The van der Waals surface area contributed by atoms with Crippen molar-refractivity contribution in [2.75, 3.05) is 7.11 Å². The van der Waals surface area contributed by atoms with Crippen molar-refractivity contribution < 1.29 is 19.1 Å². The van der Waals surface area contributed by atoms with Crippen LogP contribution in [0.25, 0.3) is 33.4 Å². The number of nitrogens with one attached hydrogen (secondary N) is 1. The minimum Gasteiger partial charge on any atom is -0.478 e. The van der Waals surface area contributed by atoms with Gasteiger partial charge in [-0.3, -0.25) is 4.79 Å². The minimum atomic E-state index is -1.04. The summed E-state index contributed by atoms with van der Waals surface area (Å²) in [6.07, 6.45) is 2.94. The van der Waals surface area contributed by atoms with E-state index in [0.29, 0.717) is 27.9 Å². The number of carboxylic acid groups (broad SMARTS) is 1. The number of methoxy groups -OCH3 is 1. The molecule has 0 bridgehead atoms. The quantitative estimate of drug-likeness (QED) is 0.442. The largest absolute Gasteiger partial charge is 0.478 e. The molecule has 2 aromatic heterocycles. The number of rotatable bonds is 5. The SMILES string of the molecule is COc1nccc2c(=O)c(-c3ccc(C4(NC(=O)O)CCC4)cc3)c(-c3ccccc3)oc12. The van der Waals surface area contributed by atoms with Crippen LogP contribution in [-0.2, 0) is 5.54 Å². The van der Waals surface area contributed by atoms with Crippen molar-refractivity contribution in [3.8, 4) is 28.3 Å². The molecule has 2 heterocycles. The number of pyridine rings is 1. The van der Waals surface area contributed by atoms with E-state index in [1.807, 2.05) is 54.6 Å². The molecule has 0 saturated heterocycles. The van der Waals surface area contributed by atoms with Crippen LogP contribution in [-0.4, -0.2) is 23.3 Å². The van der Waals surface area contributed by atoms with Crippen LogP contribution in [0.4, 0.5) is 4.79 Å². The first-order chi connectivity index (χ1) is 16.0. The van der Waals surface area contributed by atoms with Gasteiger partial charge < -0.3 is 19.6 Å². The summed E-state index contributed by atoms with van der Waals surface area (Å²) in [6.45, 7) is 0. The van der Waals surface area contributed by atoms with E-state index < -0.39 is 11.6 Å². The lowest BCUT2D eigenvalue weighted by molar-refractivity contribution is 0.144. The number of nitrogens with zero attached hydrogens (tertiary/aromatic N) is 1. The third-order valence-electron chi connectivity index (χ3n) is 6.28. The Hall–Kier alpha value is -4.13. The van der Waals surface area contributed by atoms with Gasteiger partial charge in [-0.2, -0.15) is 0 Å². The van der Waals surface area contributed by atoms with Gasteiger partial charge in [0.1, 0.15) is 5.76 Å². The molecule has 1 aliphatic carbocycles. The van der Waals surface area contributed by atoms with Crippen molar-refractivity contribution in [3.63, 3.8) is 0 Å². The fourth-order valence-corrected chi connectivity index (χ4v) is 4.47. The molecule has 0 radical (unpaired) electrons. The molecule has 7 nitrogen and oxygen atoms in total. The Balaban J connectivity index is 1.70. The second kappa shape index (κ2) is 8.09. The summed E-state index contributed by atoms with van der Waals surface area (Å²) in [5, 5.41) is 12.3. The van der Waals surface area contributed by atoms with Gasteiger partial charge in [0.2, 0.25) is 11.0 Å². The van der Waals surface area contributed by atoms with Crippen molar-refractivity contribution in [1.29, 1.82) is 0 Å². The molecule has 0 aliphatic heterocycles. The first kappa shape index (κ1) is 20.8. The highest BCUT2D eigenvalue weighted by Gasteiger charge is 2.40. The van der Waals surface area contributed by atoms with E-state index >= 15 is 0 Å². The first-order valence-corrected chi connectivity index (χ1v) is 10.7. The smallest absolute Gasteiger partial charge is 0.405 e. The van der Waals surface area contributed by atoms with Gasteiger partial charge in [-0.05, 0) is 36.5 Å². The Morgan fingerprint density at radius 2 is 1.79 bits per heavy atom. The number of ether oxygens (including phenoxy) is 1. The van der Waals surface area contributed by atoms with Gasteiger partial charge in [-0.1, -0.05) is 54.6 Å². The maximum Gasteiger partial charge on any atom is 0.405 e. The highest BCUT2D eigenvalue weighted by atomic mass is 16.5. The second-order valence-electron chi connectivity index (χ2n) is 8.14. The zero-order valence-electron chi connectivity index (χ0n) is 18.0. The molecule has 0 atom stereocenters. The standard InChI is InChI=1S/C26H22N2O5/c1-32-24-23-19(12-15-27-24)21(29)20(22(33-23)17-6-3-2-4-7-17)16-8-10-18(11-9-16)26(13-5-14-26)28-25(30)31/h2-4,6-12,15,28H,5,13-14H2,1H3,(H,30,31). The van der Waals surface area contributed by atoms with E-state index in [1.54, 1.807) is 6.07 Å². The Kier molecular flexibility index (Phi) is 5.09. The summed E-state index contributed by atoms with van der Waals surface area (Å²) in [6, 6.07) is 18.5. The zero-order chi connectivity index (χ0) is 23.0. The molecule has 1 fully saturated rings. The Morgan fingerprint density at radius 1 is 1.06 bits per heavy atom. The lowest BCUT2D eigenvalue weighted by atomic mass is 9.71. The Labute approximate surface area is 189 Å². The number of aromatic nitrogens is 1. The molecule has 1 aliphatic rings. The van der Waals surface area contributed by atoms with Crippen LogP contribution in [0.2, 0.25) is 0 Å². The van der Waals surface area contributed by atoms with Gasteiger partial charge in [-0.25, -0.2) is 9.78 Å². The number of benzene rings is 2. The molecule has 7 heteroatoms. The van der Waals surface area contributed by atoms with Gasteiger partial charge in [0.25, 0.3) is 5.88 Å². The molecule has 4 aromatic rings. The van der Waals surface area contributed by atoms with Gasteiger partial charge in [0, 0.05) is 11.8 Å². The summed E-state index contributed by atoms with van der Waals surface area (Å²) in [5.41, 5.74) is 2.30. The molecular weight excluding hydrogens is 420 g/mol. The van der Waals surface area contributed by atoms with Crippen molar-refractivity contribution in [2.45, 2.75) is 24.8 Å². The van der Waals surface area contributed by atoms with E-state index in [-0.39, 0.29) is 11.3 Å². The fourth-order valence-electron chi connectivity index (χ4n) is 4.47. The van der Waals surface area contributed by atoms with E-state index in [2.05, 4.69) is 10.3 Å². The normalized spacial score (nSPS) is 14.5. The minimum absolute atomic E-state index is 0.189. The van der Waals surface area contributed by atoms with E-state index in [0.717, 1.165) is 30.4 Å². The van der Waals surface area contributed by atoms with Crippen LogP contribution in [0.5, 0.6) is 5.88 Å². The van der Waals surface area contributed by atoms with Gasteiger partial charge >= 0.3 is 6.09 Å². The first-order valence-electron chi connectivity index (χ1n) is 10.7. The highest BCUT2D eigenvalue weighted by Crippen LogP contribution is 2.42. The second-order valence-corrected chi connectivity index (χ2v) is 8.14. The van der Waals surface area contributed by atoms with Crippen LogP contribution in [0.3, 0.4) is 0 Å². The Morgan fingerprint density at radius 3 is 2.39 bits per heavy atom. The predicted molar refractivity (Wildman–Crippen MR) is 124 cm³/mol. The molecule has 5 rings (SSSR count). The highest BCUT2D eigenvalue weighted by molar-refractivity contribution is 5.90. The zero-order valence-corrected chi connectivity index (χ0v) is 18.0. The summed E-state index contributed by atoms with van der Waals surface area (Å²) >= 11 is 0. The van der Waals surface area contributed by atoms with E-state index in [1.165, 1.54) is 13.3 Å². The van der Waals surface area contributed by atoms with Gasteiger partial charge in [0.15, 0.2) is 0 Å². The third-order valence-corrected chi connectivity index (χ3v) is 6.28. The molecule has 0 spiro atoms. The fraction of sp³-hybridized carbons (Fsp3) is 0.192. The summed E-state index contributed by atoms with van der Waals surface area (Å²) < 4.78 is 11.6. The number of hydrogen-bond donors (Lipinski definition) is 2. The summed E-state index contributed by atoms with van der Waals surface area (Å²) in [5.74, 6) is 0.671. The van der Waals surface area contributed by atoms with Crippen molar-refractivity contribution >= 4 is 17.1 Å². The van der Waals surface area contributed by atoms with Crippen molar-refractivity contribution in [1.82, 2.24) is 10.3 Å². The van der Waals surface area contributed by atoms with Crippen LogP contribution in [0, 0.1) is 0 Å².